The van der Waals surface area contributed by atoms with Crippen LogP contribution in [0.1, 0.15) is 52.4 Å². The minimum absolute atomic E-state index is 0.698. The van der Waals surface area contributed by atoms with Gasteiger partial charge in [-0.3, -0.25) is 4.90 Å². The Labute approximate surface area is 113 Å². The smallest absolute Gasteiger partial charge is 0.0223 e. The molecule has 3 aliphatic rings. The molecule has 2 nitrogen and oxygen atoms in total. The third-order valence-electron chi connectivity index (χ3n) is 5.79. The molecular formula is C16H30N2. The Morgan fingerprint density at radius 3 is 2.56 bits per heavy atom. The first-order valence-corrected chi connectivity index (χ1v) is 8.16. The van der Waals surface area contributed by atoms with Crippen molar-refractivity contribution >= 4 is 0 Å². The maximum atomic E-state index is 2.81. The molecule has 2 heterocycles. The van der Waals surface area contributed by atoms with E-state index in [2.05, 4.69) is 23.6 Å². The summed E-state index contributed by atoms with van der Waals surface area (Å²) < 4.78 is 0. The van der Waals surface area contributed by atoms with E-state index in [0.717, 1.165) is 12.0 Å². The summed E-state index contributed by atoms with van der Waals surface area (Å²) in [5.41, 5.74) is 0.698. The summed E-state index contributed by atoms with van der Waals surface area (Å²) >= 11 is 0. The highest BCUT2D eigenvalue weighted by Gasteiger charge is 2.46. The van der Waals surface area contributed by atoms with Gasteiger partial charge in [-0.2, -0.15) is 0 Å². The fraction of sp³-hybridized carbons (Fsp3) is 1.00. The van der Waals surface area contributed by atoms with Crippen molar-refractivity contribution < 1.29 is 0 Å². The van der Waals surface area contributed by atoms with E-state index in [9.17, 15) is 0 Å². The monoisotopic (exact) mass is 250 g/mol. The van der Waals surface area contributed by atoms with E-state index >= 15 is 0 Å². The quantitative estimate of drug-likeness (QED) is 0.760. The summed E-state index contributed by atoms with van der Waals surface area (Å²) in [5.74, 6) is 0.878. The van der Waals surface area contributed by atoms with Gasteiger partial charge in [-0.25, -0.2) is 0 Å². The molecule has 0 radical (unpaired) electrons. The number of rotatable bonds is 3. The van der Waals surface area contributed by atoms with Crippen molar-refractivity contribution in [3.05, 3.63) is 0 Å². The van der Waals surface area contributed by atoms with E-state index in [1.165, 1.54) is 71.2 Å². The number of nitrogens with zero attached hydrogens (tertiary/aromatic N) is 2. The van der Waals surface area contributed by atoms with Gasteiger partial charge >= 0.3 is 0 Å². The highest BCUT2D eigenvalue weighted by atomic mass is 15.2. The molecule has 3 rings (SSSR count). The SMILES string of the molecule is CC(C)C1(CN2CCCN3CCCCC3C2)CC1. The van der Waals surface area contributed by atoms with Crippen molar-refractivity contribution in [2.24, 2.45) is 11.3 Å². The summed E-state index contributed by atoms with van der Waals surface area (Å²) in [7, 11) is 0. The molecule has 2 saturated heterocycles. The van der Waals surface area contributed by atoms with Crippen molar-refractivity contribution in [2.45, 2.75) is 58.4 Å². The second-order valence-corrected chi connectivity index (χ2v) is 7.29. The van der Waals surface area contributed by atoms with Crippen LogP contribution >= 0.6 is 0 Å². The first kappa shape index (κ1) is 12.9. The average molecular weight is 250 g/mol. The first-order valence-electron chi connectivity index (χ1n) is 8.16. The summed E-state index contributed by atoms with van der Waals surface area (Å²) in [6, 6.07) is 0.879. The van der Waals surface area contributed by atoms with Crippen LogP contribution in [0.5, 0.6) is 0 Å². The average Bonchev–Trinajstić information content (AvgIpc) is 3.13. The van der Waals surface area contributed by atoms with Gasteiger partial charge in [0.1, 0.15) is 0 Å². The van der Waals surface area contributed by atoms with Crippen molar-refractivity contribution in [3.63, 3.8) is 0 Å². The van der Waals surface area contributed by atoms with Gasteiger partial charge in [0.05, 0.1) is 0 Å². The summed E-state index contributed by atoms with van der Waals surface area (Å²) in [6.45, 7) is 11.7. The Bertz CT molecular complexity index is 283. The van der Waals surface area contributed by atoms with Gasteiger partial charge < -0.3 is 4.90 Å². The topological polar surface area (TPSA) is 6.48 Å². The second-order valence-electron chi connectivity index (χ2n) is 7.29. The molecule has 0 spiro atoms. The minimum Gasteiger partial charge on any atom is -0.301 e. The maximum absolute atomic E-state index is 2.81. The first-order chi connectivity index (χ1) is 8.70. The molecule has 0 aromatic heterocycles. The number of hydrogen-bond donors (Lipinski definition) is 0. The van der Waals surface area contributed by atoms with Gasteiger partial charge in [-0.1, -0.05) is 20.3 Å². The Morgan fingerprint density at radius 1 is 1.06 bits per heavy atom. The zero-order valence-electron chi connectivity index (χ0n) is 12.3. The van der Waals surface area contributed by atoms with E-state index in [0.29, 0.717) is 5.41 Å². The van der Waals surface area contributed by atoms with Gasteiger partial charge in [-0.15, -0.1) is 0 Å². The molecule has 1 atom stereocenters. The molecule has 0 bridgehead atoms. The molecule has 104 valence electrons. The van der Waals surface area contributed by atoms with E-state index in [1.54, 1.807) is 0 Å². The van der Waals surface area contributed by atoms with Crippen molar-refractivity contribution in [2.75, 3.05) is 32.7 Å². The Balaban J connectivity index is 1.60. The minimum atomic E-state index is 0.698. The largest absolute Gasteiger partial charge is 0.301 e. The second kappa shape index (κ2) is 5.13. The number of hydrogen-bond acceptors (Lipinski definition) is 2. The summed E-state index contributed by atoms with van der Waals surface area (Å²) in [5, 5.41) is 0. The van der Waals surface area contributed by atoms with Crippen LogP contribution in [0, 0.1) is 11.3 Å². The molecule has 2 heteroatoms. The fourth-order valence-corrected chi connectivity index (χ4v) is 4.12. The molecule has 1 unspecified atom stereocenters. The fourth-order valence-electron chi connectivity index (χ4n) is 4.12. The van der Waals surface area contributed by atoms with Crippen LogP contribution in [0.2, 0.25) is 0 Å². The van der Waals surface area contributed by atoms with Crippen molar-refractivity contribution in [1.29, 1.82) is 0 Å². The maximum Gasteiger partial charge on any atom is 0.0223 e. The molecule has 0 amide bonds. The number of piperidine rings is 1. The third-order valence-corrected chi connectivity index (χ3v) is 5.79. The molecule has 0 aromatic carbocycles. The Kier molecular flexibility index (Phi) is 3.68. The van der Waals surface area contributed by atoms with Crippen LogP contribution in [-0.2, 0) is 0 Å². The van der Waals surface area contributed by atoms with Crippen molar-refractivity contribution in [1.82, 2.24) is 9.80 Å². The molecule has 0 N–H and O–H groups in total. The standard InChI is InChI=1S/C16H30N2/c1-14(2)16(7-8-16)13-17-9-5-11-18-10-4-3-6-15(18)12-17/h14-15H,3-13H2,1-2H3. The molecule has 3 fully saturated rings. The molecule has 1 saturated carbocycles. The zero-order valence-corrected chi connectivity index (χ0v) is 12.3. The van der Waals surface area contributed by atoms with Gasteiger partial charge in [0.25, 0.3) is 0 Å². The summed E-state index contributed by atoms with van der Waals surface area (Å²) in [4.78, 5) is 5.58. The molecule has 18 heavy (non-hydrogen) atoms. The van der Waals surface area contributed by atoms with E-state index < -0.39 is 0 Å². The van der Waals surface area contributed by atoms with Crippen LogP contribution in [0.4, 0.5) is 0 Å². The van der Waals surface area contributed by atoms with Crippen LogP contribution in [0.3, 0.4) is 0 Å². The van der Waals surface area contributed by atoms with E-state index in [1.807, 2.05) is 0 Å². The van der Waals surface area contributed by atoms with Gasteiger partial charge in [0.2, 0.25) is 0 Å². The predicted molar refractivity (Wildman–Crippen MR) is 76.8 cm³/mol. The van der Waals surface area contributed by atoms with Gasteiger partial charge in [-0.05, 0) is 63.1 Å². The van der Waals surface area contributed by atoms with Gasteiger partial charge in [0, 0.05) is 19.1 Å². The van der Waals surface area contributed by atoms with Crippen LogP contribution in [0.15, 0.2) is 0 Å². The summed E-state index contributed by atoms with van der Waals surface area (Å²) in [6.07, 6.45) is 8.71. The van der Waals surface area contributed by atoms with E-state index in [-0.39, 0.29) is 0 Å². The molecular weight excluding hydrogens is 220 g/mol. The predicted octanol–water partition coefficient (Wildman–Crippen LogP) is 2.98. The molecule has 2 aliphatic heterocycles. The highest BCUT2D eigenvalue weighted by molar-refractivity contribution is 4.98. The lowest BCUT2D eigenvalue weighted by Crippen LogP contribution is -2.45. The lowest BCUT2D eigenvalue weighted by atomic mass is 9.91. The lowest BCUT2D eigenvalue weighted by molar-refractivity contribution is 0.121. The normalized spacial score (nSPS) is 33.2. The highest BCUT2D eigenvalue weighted by Crippen LogP contribution is 2.52. The Hall–Kier alpha value is -0.0800. The molecule has 0 aromatic rings. The van der Waals surface area contributed by atoms with Crippen LogP contribution in [0.25, 0.3) is 0 Å². The lowest BCUT2D eigenvalue weighted by Gasteiger charge is -2.36. The third kappa shape index (κ3) is 2.60. The van der Waals surface area contributed by atoms with Crippen LogP contribution in [-0.4, -0.2) is 48.6 Å². The van der Waals surface area contributed by atoms with Gasteiger partial charge in [0.15, 0.2) is 0 Å². The zero-order chi connectivity index (χ0) is 12.6. The number of fused-ring (bicyclic) bond motifs is 1. The van der Waals surface area contributed by atoms with Crippen molar-refractivity contribution in [3.8, 4) is 0 Å². The molecule has 1 aliphatic carbocycles. The van der Waals surface area contributed by atoms with E-state index in [4.69, 9.17) is 0 Å². The Morgan fingerprint density at radius 2 is 1.83 bits per heavy atom. The van der Waals surface area contributed by atoms with Crippen LogP contribution < -0.4 is 0 Å².